The second-order valence-electron chi connectivity index (χ2n) is 6.54. The summed E-state index contributed by atoms with van der Waals surface area (Å²) >= 11 is 0. The van der Waals surface area contributed by atoms with E-state index in [4.69, 9.17) is 0 Å². The van der Waals surface area contributed by atoms with Gasteiger partial charge >= 0.3 is 0 Å². The number of nitrogens with zero attached hydrogens (tertiary/aromatic N) is 2. The molecule has 0 unspecified atom stereocenters. The van der Waals surface area contributed by atoms with Gasteiger partial charge in [-0.3, -0.25) is 4.79 Å². The molecule has 1 amide bonds. The van der Waals surface area contributed by atoms with Gasteiger partial charge < -0.3 is 9.80 Å². The van der Waals surface area contributed by atoms with Crippen LogP contribution in [0, 0.1) is 0 Å². The Morgan fingerprint density at radius 1 is 0.957 bits per heavy atom. The summed E-state index contributed by atoms with van der Waals surface area (Å²) in [6, 6.07) is 19.7. The van der Waals surface area contributed by atoms with Crippen molar-refractivity contribution >= 4 is 11.6 Å². The van der Waals surface area contributed by atoms with Crippen molar-refractivity contribution in [3.63, 3.8) is 0 Å². The fraction of sp³-hybridized carbons (Fsp3) is 0.350. The zero-order valence-electron chi connectivity index (χ0n) is 13.5. The number of carbonyl (C=O) groups is 1. The van der Waals surface area contributed by atoms with Crippen molar-refractivity contribution in [1.29, 1.82) is 0 Å². The minimum absolute atomic E-state index is 0.197. The van der Waals surface area contributed by atoms with Crippen LogP contribution >= 0.6 is 0 Å². The number of para-hydroxylation sites is 1. The van der Waals surface area contributed by atoms with Gasteiger partial charge in [-0.1, -0.05) is 48.5 Å². The smallest absolute Gasteiger partial charge is 0.223 e. The van der Waals surface area contributed by atoms with Crippen LogP contribution < -0.4 is 4.90 Å². The van der Waals surface area contributed by atoms with Crippen LogP contribution in [-0.4, -0.2) is 24.4 Å². The Morgan fingerprint density at radius 2 is 1.70 bits per heavy atom. The van der Waals surface area contributed by atoms with E-state index in [1.165, 1.54) is 16.8 Å². The van der Waals surface area contributed by atoms with E-state index in [1.807, 2.05) is 0 Å². The third-order valence-corrected chi connectivity index (χ3v) is 5.26. The summed E-state index contributed by atoms with van der Waals surface area (Å²) in [5, 5.41) is 0. The predicted octanol–water partition coefficient (Wildman–Crippen LogP) is 3.93. The first-order valence-corrected chi connectivity index (χ1v) is 8.42. The number of benzene rings is 2. The third-order valence-electron chi connectivity index (χ3n) is 5.26. The molecule has 3 heteroatoms. The summed E-state index contributed by atoms with van der Waals surface area (Å²) in [4.78, 5) is 16.8. The molecule has 0 saturated carbocycles. The fourth-order valence-electron chi connectivity index (χ4n) is 4.08. The Labute approximate surface area is 137 Å². The average molecular weight is 306 g/mol. The lowest BCUT2D eigenvalue weighted by Crippen LogP contribution is -2.39. The van der Waals surface area contributed by atoms with Crippen LogP contribution in [0.15, 0.2) is 54.6 Å². The number of amides is 1. The Hall–Kier alpha value is -2.29. The number of rotatable bonds is 2. The zero-order chi connectivity index (χ0) is 15.8. The average Bonchev–Trinajstić information content (AvgIpc) is 3.02. The number of hydrogen-bond acceptors (Lipinski definition) is 2. The normalized spacial score (nSPS) is 24.0. The van der Waals surface area contributed by atoms with Gasteiger partial charge in [0.2, 0.25) is 5.91 Å². The molecule has 0 spiro atoms. The van der Waals surface area contributed by atoms with Crippen LogP contribution in [0.5, 0.6) is 0 Å². The number of hydrogen-bond donors (Lipinski definition) is 0. The van der Waals surface area contributed by atoms with Crippen LogP contribution in [0.25, 0.3) is 0 Å². The molecule has 0 radical (unpaired) electrons. The van der Waals surface area contributed by atoms with Crippen molar-refractivity contribution < 1.29 is 4.79 Å². The van der Waals surface area contributed by atoms with Gasteiger partial charge in [-0.2, -0.15) is 0 Å². The second-order valence-corrected chi connectivity index (χ2v) is 6.54. The van der Waals surface area contributed by atoms with Crippen LogP contribution in [-0.2, 0) is 4.79 Å². The van der Waals surface area contributed by atoms with Crippen LogP contribution in [0.3, 0.4) is 0 Å². The Balaban J connectivity index is 1.77. The van der Waals surface area contributed by atoms with E-state index in [2.05, 4.69) is 71.4 Å². The van der Waals surface area contributed by atoms with Crippen molar-refractivity contribution in [2.75, 3.05) is 18.5 Å². The van der Waals surface area contributed by atoms with E-state index >= 15 is 0 Å². The van der Waals surface area contributed by atoms with Gasteiger partial charge in [0.05, 0.1) is 12.1 Å². The first-order chi connectivity index (χ1) is 11.3. The van der Waals surface area contributed by atoms with Crippen molar-refractivity contribution in [2.45, 2.75) is 31.3 Å². The quantitative estimate of drug-likeness (QED) is 0.839. The van der Waals surface area contributed by atoms with Crippen molar-refractivity contribution in [3.05, 3.63) is 65.7 Å². The molecule has 2 aliphatic rings. The zero-order valence-corrected chi connectivity index (χ0v) is 13.5. The maximum Gasteiger partial charge on any atom is 0.223 e. The lowest BCUT2D eigenvalue weighted by Gasteiger charge is -2.43. The Kier molecular flexibility index (Phi) is 3.56. The molecule has 2 aliphatic heterocycles. The van der Waals surface area contributed by atoms with E-state index in [0.29, 0.717) is 18.4 Å². The second kappa shape index (κ2) is 5.73. The van der Waals surface area contributed by atoms with E-state index in [-0.39, 0.29) is 6.04 Å². The molecule has 23 heavy (non-hydrogen) atoms. The van der Waals surface area contributed by atoms with Gasteiger partial charge in [0.1, 0.15) is 0 Å². The lowest BCUT2D eigenvalue weighted by atomic mass is 9.87. The Bertz CT molecular complexity index is 713. The standard InChI is InChI=1S/C20H22N2O/c1-21-17-11-6-5-10-16(17)19(22-13-7-12-20(22)23)14-18(21)15-8-3-2-4-9-15/h2-6,8-11,18-19H,7,12-14H2,1H3/t18-,19-/m0/s1. The molecule has 2 aromatic carbocycles. The molecule has 0 bridgehead atoms. The number of likely N-dealkylation sites (tertiary alicyclic amines) is 1. The molecule has 0 N–H and O–H groups in total. The number of carbonyl (C=O) groups excluding carboxylic acids is 1. The maximum atomic E-state index is 12.3. The molecule has 2 atom stereocenters. The monoisotopic (exact) mass is 306 g/mol. The SMILES string of the molecule is CN1c2ccccc2[C@@H](N2CCCC2=O)C[C@H]1c1ccccc1. The first kappa shape index (κ1) is 14.3. The molecule has 2 heterocycles. The topological polar surface area (TPSA) is 23.6 Å². The number of anilines is 1. The van der Waals surface area contributed by atoms with Gasteiger partial charge in [0.15, 0.2) is 0 Å². The summed E-state index contributed by atoms with van der Waals surface area (Å²) in [6.07, 6.45) is 2.65. The summed E-state index contributed by atoms with van der Waals surface area (Å²) < 4.78 is 0. The largest absolute Gasteiger partial charge is 0.367 e. The first-order valence-electron chi connectivity index (χ1n) is 8.42. The van der Waals surface area contributed by atoms with Gasteiger partial charge in [-0.25, -0.2) is 0 Å². The van der Waals surface area contributed by atoms with Crippen LogP contribution in [0.4, 0.5) is 5.69 Å². The fourth-order valence-corrected chi connectivity index (χ4v) is 4.08. The predicted molar refractivity (Wildman–Crippen MR) is 92.3 cm³/mol. The molecule has 3 nitrogen and oxygen atoms in total. The molecule has 1 fully saturated rings. The van der Waals surface area contributed by atoms with E-state index in [9.17, 15) is 4.79 Å². The van der Waals surface area contributed by atoms with E-state index in [0.717, 1.165) is 19.4 Å². The van der Waals surface area contributed by atoms with Crippen LogP contribution in [0.2, 0.25) is 0 Å². The molecule has 118 valence electrons. The highest BCUT2D eigenvalue weighted by Gasteiger charge is 2.37. The van der Waals surface area contributed by atoms with Gasteiger partial charge in [0, 0.05) is 25.7 Å². The molecule has 0 aromatic heterocycles. The minimum atomic E-state index is 0.197. The van der Waals surface area contributed by atoms with Crippen molar-refractivity contribution in [3.8, 4) is 0 Å². The lowest BCUT2D eigenvalue weighted by molar-refractivity contribution is -0.130. The molecule has 4 rings (SSSR count). The highest BCUT2D eigenvalue weighted by atomic mass is 16.2. The Morgan fingerprint density at radius 3 is 2.43 bits per heavy atom. The van der Waals surface area contributed by atoms with Gasteiger partial charge in [-0.15, -0.1) is 0 Å². The van der Waals surface area contributed by atoms with Gasteiger partial charge in [0.25, 0.3) is 0 Å². The van der Waals surface area contributed by atoms with Crippen molar-refractivity contribution in [2.24, 2.45) is 0 Å². The molecular formula is C20H22N2O. The van der Waals surface area contributed by atoms with E-state index < -0.39 is 0 Å². The summed E-state index contributed by atoms with van der Waals surface area (Å²) in [5.74, 6) is 0.307. The van der Waals surface area contributed by atoms with Crippen molar-refractivity contribution in [1.82, 2.24) is 4.90 Å². The summed E-state index contributed by atoms with van der Waals surface area (Å²) in [7, 11) is 2.17. The number of fused-ring (bicyclic) bond motifs is 1. The van der Waals surface area contributed by atoms with E-state index in [1.54, 1.807) is 0 Å². The minimum Gasteiger partial charge on any atom is -0.367 e. The van der Waals surface area contributed by atoms with Gasteiger partial charge in [-0.05, 0) is 30.0 Å². The van der Waals surface area contributed by atoms with Crippen LogP contribution in [0.1, 0.15) is 42.5 Å². The molecule has 1 saturated heterocycles. The molecule has 2 aromatic rings. The summed E-state index contributed by atoms with van der Waals surface area (Å²) in [6.45, 7) is 0.892. The molecular weight excluding hydrogens is 284 g/mol. The maximum absolute atomic E-state index is 12.3. The molecule has 0 aliphatic carbocycles. The summed E-state index contributed by atoms with van der Waals surface area (Å²) in [5.41, 5.74) is 3.86. The highest BCUT2D eigenvalue weighted by Crippen LogP contribution is 2.46. The highest BCUT2D eigenvalue weighted by molar-refractivity contribution is 5.79. The third kappa shape index (κ3) is 2.40.